The summed E-state index contributed by atoms with van der Waals surface area (Å²) < 4.78 is 35.9. The molecule has 204 valence electrons. The molecule has 0 aliphatic carbocycles. The molecule has 0 aliphatic heterocycles. The molecule has 3 atom stereocenters. The van der Waals surface area contributed by atoms with Crippen molar-refractivity contribution in [1.82, 2.24) is 10.6 Å². The summed E-state index contributed by atoms with van der Waals surface area (Å²) in [6.07, 6.45) is -2.57. The average Bonchev–Trinajstić information content (AvgIpc) is 2.93. The minimum atomic E-state index is -3.98. The van der Waals surface area contributed by atoms with Gasteiger partial charge in [-0.15, -0.1) is 0 Å². The van der Waals surface area contributed by atoms with E-state index in [-0.39, 0.29) is 17.9 Å². The second kappa shape index (κ2) is 13.9. The van der Waals surface area contributed by atoms with Gasteiger partial charge < -0.3 is 30.3 Å². The number of sulfone groups is 1. The Balaban J connectivity index is 1.66. The van der Waals surface area contributed by atoms with Crippen LogP contribution in [0, 0.1) is 0 Å². The van der Waals surface area contributed by atoms with Crippen LogP contribution >= 0.6 is 0 Å². The van der Waals surface area contributed by atoms with Crippen molar-refractivity contribution in [2.45, 2.75) is 36.1 Å². The van der Waals surface area contributed by atoms with Gasteiger partial charge in [-0.05, 0) is 47.9 Å². The number of carbonyl (C=O) groups excluding carboxylic acids is 1. The summed E-state index contributed by atoms with van der Waals surface area (Å²) in [6, 6.07) is 21.8. The van der Waals surface area contributed by atoms with Crippen LogP contribution in [0.1, 0.15) is 11.1 Å². The van der Waals surface area contributed by atoms with Crippen LogP contribution in [0.4, 0.5) is 0 Å². The van der Waals surface area contributed by atoms with Crippen molar-refractivity contribution in [3.8, 4) is 11.5 Å². The van der Waals surface area contributed by atoms with Gasteiger partial charge in [0.1, 0.15) is 17.6 Å². The molecule has 10 heteroatoms. The Hall–Kier alpha value is -3.44. The molecule has 0 heterocycles. The van der Waals surface area contributed by atoms with Crippen LogP contribution in [-0.2, 0) is 27.6 Å². The first-order valence-corrected chi connectivity index (χ1v) is 13.8. The predicted octanol–water partition coefficient (Wildman–Crippen LogP) is 1.72. The minimum absolute atomic E-state index is 0.0636. The molecule has 1 unspecified atom stereocenters. The third-order valence-electron chi connectivity index (χ3n) is 5.99. The van der Waals surface area contributed by atoms with Gasteiger partial charge in [-0.25, -0.2) is 8.42 Å². The second-order valence-corrected chi connectivity index (χ2v) is 10.9. The number of rotatable bonds is 14. The van der Waals surface area contributed by atoms with Crippen LogP contribution in [0.3, 0.4) is 0 Å². The Bertz CT molecular complexity index is 1290. The molecule has 9 nitrogen and oxygen atoms in total. The first-order chi connectivity index (χ1) is 18.2. The Kier molecular flexibility index (Phi) is 10.7. The maximum absolute atomic E-state index is 12.9. The highest BCUT2D eigenvalue weighted by Gasteiger charge is 2.29. The molecule has 3 aromatic rings. The lowest BCUT2D eigenvalue weighted by molar-refractivity contribution is -0.129. The van der Waals surface area contributed by atoms with Gasteiger partial charge in [0.25, 0.3) is 0 Å². The van der Waals surface area contributed by atoms with Crippen molar-refractivity contribution in [2.24, 2.45) is 0 Å². The van der Waals surface area contributed by atoms with Gasteiger partial charge in [0, 0.05) is 13.1 Å². The first-order valence-electron chi connectivity index (χ1n) is 12.1. The van der Waals surface area contributed by atoms with E-state index in [1.807, 2.05) is 54.6 Å². The van der Waals surface area contributed by atoms with Crippen LogP contribution in [0.5, 0.6) is 11.5 Å². The number of amides is 1. The minimum Gasteiger partial charge on any atom is -0.497 e. The highest BCUT2D eigenvalue weighted by atomic mass is 32.2. The number of aliphatic hydroxyl groups is 2. The zero-order chi connectivity index (χ0) is 27.5. The van der Waals surface area contributed by atoms with Gasteiger partial charge in [-0.2, -0.15) is 0 Å². The van der Waals surface area contributed by atoms with Crippen LogP contribution in [0.25, 0.3) is 0 Å². The van der Waals surface area contributed by atoms with E-state index in [1.54, 1.807) is 13.2 Å². The van der Waals surface area contributed by atoms with Gasteiger partial charge in [0.05, 0.1) is 37.0 Å². The smallest absolute Gasteiger partial charge is 0.250 e. The summed E-state index contributed by atoms with van der Waals surface area (Å²) in [5, 5.41) is 27.2. The quantitative estimate of drug-likeness (QED) is 0.242. The highest BCUT2D eigenvalue weighted by molar-refractivity contribution is 7.91. The molecule has 0 radical (unpaired) electrons. The van der Waals surface area contributed by atoms with Crippen LogP contribution in [0.15, 0.2) is 83.8 Å². The van der Waals surface area contributed by atoms with E-state index in [0.717, 1.165) is 16.9 Å². The molecule has 0 saturated carbocycles. The van der Waals surface area contributed by atoms with Gasteiger partial charge in [0.2, 0.25) is 5.91 Å². The summed E-state index contributed by atoms with van der Waals surface area (Å²) in [4.78, 5) is 12.8. The van der Waals surface area contributed by atoms with E-state index in [1.165, 1.54) is 25.3 Å². The van der Waals surface area contributed by atoms with E-state index in [0.29, 0.717) is 12.3 Å². The topological polar surface area (TPSA) is 134 Å². The molecule has 3 aromatic carbocycles. The summed E-state index contributed by atoms with van der Waals surface area (Å²) in [5.74, 6) is -0.632. The number of benzene rings is 3. The third-order valence-corrected chi connectivity index (χ3v) is 7.71. The van der Waals surface area contributed by atoms with Gasteiger partial charge in [0.15, 0.2) is 9.84 Å². The summed E-state index contributed by atoms with van der Waals surface area (Å²) >= 11 is 0. The highest BCUT2D eigenvalue weighted by Crippen LogP contribution is 2.19. The Labute approximate surface area is 223 Å². The van der Waals surface area contributed by atoms with E-state index < -0.39 is 39.7 Å². The number of carbonyl (C=O) groups is 1. The fraction of sp³-hybridized carbons (Fsp3) is 0.321. The first kappa shape index (κ1) is 29.1. The summed E-state index contributed by atoms with van der Waals surface area (Å²) in [6.45, 7) is 0.606. The lowest BCUT2D eigenvalue weighted by atomic mass is 10.0. The van der Waals surface area contributed by atoms with Crippen LogP contribution in [0.2, 0.25) is 0 Å². The fourth-order valence-electron chi connectivity index (χ4n) is 3.89. The monoisotopic (exact) mass is 542 g/mol. The predicted molar refractivity (Wildman–Crippen MR) is 144 cm³/mol. The molecule has 0 aromatic heterocycles. The number of methoxy groups -OCH3 is 2. The zero-order valence-corrected chi connectivity index (χ0v) is 22.2. The Morgan fingerprint density at radius 2 is 1.50 bits per heavy atom. The van der Waals surface area contributed by atoms with Crippen molar-refractivity contribution < 1.29 is 32.9 Å². The molecule has 0 bridgehead atoms. The van der Waals surface area contributed by atoms with Gasteiger partial charge >= 0.3 is 0 Å². The third kappa shape index (κ3) is 8.56. The number of hydrogen-bond acceptors (Lipinski definition) is 8. The summed E-state index contributed by atoms with van der Waals surface area (Å²) in [5.41, 5.74) is 1.82. The molecular weight excluding hydrogens is 508 g/mol. The molecule has 0 fully saturated rings. The number of ether oxygens (including phenoxy) is 2. The fourth-order valence-corrected chi connectivity index (χ4v) is 5.23. The summed E-state index contributed by atoms with van der Waals surface area (Å²) in [7, 11) is -0.977. The number of nitrogens with one attached hydrogen (secondary N) is 2. The van der Waals surface area contributed by atoms with Crippen molar-refractivity contribution in [2.75, 3.05) is 26.5 Å². The molecule has 38 heavy (non-hydrogen) atoms. The number of aliphatic hydroxyl groups excluding tert-OH is 2. The van der Waals surface area contributed by atoms with E-state index in [4.69, 9.17) is 9.47 Å². The molecule has 4 N–H and O–H groups in total. The lowest BCUT2D eigenvalue weighted by Gasteiger charge is -2.26. The van der Waals surface area contributed by atoms with E-state index >= 15 is 0 Å². The normalized spacial score (nSPS) is 13.8. The van der Waals surface area contributed by atoms with Crippen molar-refractivity contribution in [1.29, 1.82) is 0 Å². The van der Waals surface area contributed by atoms with Crippen molar-refractivity contribution in [3.63, 3.8) is 0 Å². The average molecular weight is 543 g/mol. The van der Waals surface area contributed by atoms with Crippen LogP contribution in [-0.4, -0.2) is 69.3 Å². The molecule has 0 spiro atoms. The molecular formula is C28H34N2O7S. The number of hydrogen-bond donors (Lipinski definition) is 4. The Morgan fingerprint density at radius 1 is 0.868 bits per heavy atom. The molecule has 0 saturated heterocycles. The van der Waals surface area contributed by atoms with Crippen molar-refractivity contribution >= 4 is 15.7 Å². The maximum atomic E-state index is 12.9. The SMILES string of the molecule is COc1cccc(CNC[C@H](O)[C@H](Cc2ccccc2)NC(=O)C(O)CS(=O)(=O)c2cccc(OC)c2)c1. The second-order valence-electron chi connectivity index (χ2n) is 8.83. The standard InChI is InChI=1S/C28H34N2O7S/c1-36-22-11-6-10-21(14-22)17-29-18-26(31)25(15-20-8-4-3-5-9-20)30-28(33)27(32)19-38(34,35)24-13-7-12-23(16-24)37-2/h3-14,16,25-27,29,31-32H,15,17-19H2,1-2H3,(H,30,33)/t25-,26-,27?/m0/s1. The van der Waals surface area contributed by atoms with Gasteiger partial charge in [-0.3, -0.25) is 4.79 Å². The molecule has 0 aliphatic rings. The van der Waals surface area contributed by atoms with E-state index in [2.05, 4.69) is 10.6 Å². The largest absolute Gasteiger partial charge is 0.497 e. The Morgan fingerprint density at radius 3 is 2.18 bits per heavy atom. The lowest BCUT2D eigenvalue weighted by Crippen LogP contribution is -2.52. The van der Waals surface area contributed by atoms with E-state index in [9.17, 15) is 23.4 Å². The zero-order valence-electron chi connectivity index (χ0n) is 21.4. The van der Waals surface area contributed by atoms with Crippen molar-refractivity contribution in [3.05, 3.63) is 90.0 Å². The van der Waals surface area contributed by atoms with Crippen LogP contribution < -0.4 is 20.1 Å². The van der Waals surface area contributed by atoms with Gasteiger partial charge in [-0.1, -0.05) is 48.5 Å². The maximum Gasteiger partial charge on any atom is 0.250 e. The molecule has 3 rings (SSSR count). The molecule has 1 amide bonds.